The number of H-pyrrole nitrogens is 1. The second-order valence-corrected chi connectivity index (χ2v) is 11.0. The molecule has 0 unspecified atom stereocenters. The number of phenolic OH excluding ortho intramolecular Hbond substituents is 1. The molecule has 1 fully saturated rings. The summed E-state index contributed by atoms with van der Waals surface area (Å²) >= 11 is 0. The Morgan fingerprint density at radius 2 is 1.84 bits per heavy atom. The Labute approximate surface area is 247 Å². The topological polar surface area (TPSA) is 150 Å². The molecule has 0 bridgehead atoms. The van der Waals surface area contributed by atoms with Crippen LogP contribution in [-0.2, 0) is 11.2 Å². The van der Waals surface area contributed by atoms with Crippen LogP contribution >= 0.6 is 0 Å². The number of carbonyl (C=O) groups is 2. The molecular weight excluding hydrogens is 548 g/mol. The van der Waals surface area contributed by atoms with Gasteiger partial charge in [-0.15, -0.1) is 0 Å². The van der Waals surface area contributed by atoms with E-state index >= 15 is 0 Å². The van der Waals surface area contributed by atoms with Crippen molar-refractivity contribution < 1.29 is 29.6 Å². The van der Waals surface area contributed by atoms with Crippen molar-refractivity contribution in [2.45, 2.75) is 50.6 Å². The van der Waals surface area contributed by atoms with Crippen LogP contribution in [0.3, 0.4) is 0 Å². The Kier molecular flexibility index (Phi) is 8.02. The Balaban J connectivity index is 1.29. The van der Waals surface area contributed by atoms with E-state index in [1.54, 1.807) is 36.5 Å². The van der Waals surface area contributed by atoms with Crippen molar-refractivity contribution >= 4 is 33.8 Å². The lowest BCUT2D eigenvalue weighted by atomic mass is 9.94. The lowest BCUT2D eigenvalue weighted by Crippen LogP contribution is -2.42. The highest BCUT2D eigenvalue weighted by Crippen LogP contribution is 2.36. The van der Waals surface area contributed by atoms with Crippen LogP contribution in [0.1, 0.15) is 54.1 Å². The number of amides is 1. The summed E-state index contributed by atoms with van der Waals surface area (Å²) in [6, 6.07) is 16.9. The lowest BCUT2D eigenvalue weighted by molar-refractivity contribution is -0.139. The van der Waals surface area contributed by atoms with Crippen molar-refractivity contribution in [2.75, 3.05) is 13.2 Å². The molecule has 1 atom stereocenters. The van der Waals surface area contributed by atoms with Crippen molar-refractivity contribution in [2.24, 2.45) is 0 Å². The van der Waals surface area contributed by atoms with Crippen LogP contribution in [0.25, 0.3) is 33.3 Å². The van der Waals surface area contributed by atoms with Crippen LogP contribution in [0.15, 0.2) is 66.9 Å². The highest BCUT2D eigenvalue weighted by Gasteiger charge is 2.25. The average Bonchev–Trinajstić information content (AvgIpc) is 3.60. The quantitative estimate of drug-likeness (QED) is 0.152. The number of hydrogen-bond donors (Lipinski definition) is 5. The number of aliphatic hydroxyl groups is 1. The van der Waals surface area contributed by atoms with Gasteiger partial charge in [-0.2, -0.15) is 0 Å². The minimum Gasteiger partial charge on any atom is -0.508 e. The third kappa shape index (κ3) is 5.91. The number of nitrogens with zero attached hydrogens (tertiary/aromatic N) is 2. The maximum Gasteiger partial charge on any atom is 0.326 e. The van der Waals surface area contributed by atoms with Crippen molar-refractivity contribution in [3.63, 3.8) is 0 Å². The Morgan fingerprint density at radius 1 is 1.05 bits per heavy atom. The number of aliphatic hydroxyl groups excluding tert-OH is 1. The number of phenols is 1. The van der Waals surface area contributed by atoms with E-state index in [9.17, 15) is 19.8 Å². The van der Waals surface area contributed by atoms with E-state index in [-0.39, 0.29) is 31.4 Å². The number of aromatic amines is 1. The number of aliphatic carboxylic acids is 1. The van der Waals surface area contributed by atoms with Gasteiger partial charge in [-0.1, -0.05) is 19.3 Å². The van der Waals surface area contributed by atoms with E-state index in [1.807, 2.05) is 30.3 Å². The molecule has 222 valence electrons. The van der Waals surface area contributed by atoms with Gasteiger partial charge in [-0.25, -0.2) is 9.78 Å². The summed E-state index contributed by atoms with van der Waals surface area (Å²) < 4.78 is 7.79. The molecule has 5 aromatic rings. The molecule has 1 aliphatic rings. The zero-order chi connectivity index (χ0) is 29.9. The molecule has 0 radical (unpaired) electrons. The predicted octanol–water partition coefficient (Wildman–Crippen LogP) is 5.19. The summed E-state index contributed by atoms with van der Waals surface area (Å²) in [4.78, 5) is 33.6. The van der Waals surface area contributed by atoms with Gasteiger partial charge in [-0.3, -0.25) is 4.79 Å². The highest BCUT2D eigenvalue weighted by molar-refractivity contribution is 6.00. The fourth-order valence-corrected chi connectivity index (χ4v) is 6.01. The number of rotatable bonds is 10. The SMILES string of the molecule is O=C(N[C@@H](Cc1c[nH]c2ccc(O)cc12)C(=O)O)c1ccc2c(c1)nc(-c1ccc(OCCO)cc1)n2C1CCCCC1. The molecular formula is C33H34N4O6. The molecule has 1 saturated carbocycles. The van der Waals surface area contributed by atoms with Gasteiger partial charge in [0.1, 0.15) is 30.0 Å². The number of benzene rings is 3. The molecule has 5 N–H and O–H groups in total. The highest BCUT2D eigenvalue weighted by atomic mass is 16.5. The zero-order valence-electron chi connectivity index (χ0n) is 23.6. The number of fused-ring (bicyclic) bond motifs is 2. The van der Waals surface area contributed by atoms with Crippen LogP contribution in [0.4, 0.5) is 0 Å². The molecule has 2 heterocycles. The summed E-state index contributed by atoms with van der Waals surface area (Å²) in [6.45, 7) is 0.162. The summed E-state index contributed by atoms with van der Waals surface area (Å²) in [7, 11) is 0. The average molecular weight is 583 g/mol. The fraction of sp³-hybridized carbons (Fsp3) is 0.303. The summed E-state index contributed by atoms with van der Waals surface area (Å²) in [5, 5.41) is 32.3. The maximum absolute atomic E-state index is 13.3. The van der Waals surface area contributed by atoms with Crippen LogP contribution in [0.5, 0.6) is 11.5 Å². The summed E-state index contributed by atoms with van der Waals surface area (Å²) in [5.41, 5.74) is 4.27. The minimum absolute atomic E-state index is 0.0469. The number of nitrogens with one attached hydrogen (secondary N) is 2. The van der Waals surface area contributed by atoms with Gasteiger partial charge in [0.2, 0.25) is 0 Å². The number of aromatic hydroxyl groups is 1. The van der Waals surface area contributed by atoms with E-state index in [4.69, 9.17) is 14.8 Å². The van der Waals surface area contributed by atoms with Gasteiger partial charge in [0.05, 0.1) is 17.6 Å². The summed E-state index contributed by atoms with van der Waals surface area (Å²) in [5.74, 6) is -0.111. The largest absolute Gasteiger partial charge is 0.508 e. The van der Waals surface area contributed by atoms with Gasteiger partial charge < -0.3 is 34.9 Å². The number of carboxylic acid groups (broad SMARTS) is 1. The first-order chi connectivity index (χ1) is 20.9. The van der Waals surface area contributed by atoms with E-state index in [1.165, 1.54) is 6.42 Å². The Hall–Kier alpha value is -4.83. The van der Waals surface area contributed by atoms with Gasteiger partial charge in [0.15, 0.2) is 0 Å². The molecule has 10 heteroatoms. The molecule has 2 aromatic heterocycles. The molecule has 1 amide bonds. The van der Waals surface area contributed by atoms with Crippen molar-refractivity contribution in [1.29, 1.82) is 0 Å². The zero-order valence-corrected chi connectivity index (χ0v) is 23.6. The van der Waals surface area contributed by atoms with Crippen molar-refractivity contribution in [3.05, 3.63) is 78.0 Å². The number of ether oxygens (including phenoxy) is 1. The molecule has 1 aliphatic carbocycles. The maximum atomic E-state index is 13.3. The third-order valence-corrected chi connectivity index (χ3v) is 8.14. The van der Waals surface area contributed by atoms with E-state index in [0.717, 1.165) is 48.1 Å². The molecule has 0 spiro atoms. The Bertz CT molecular complexity index is 1770. The number of carboxylic acids is 1. The minimum atomic E-state index is -1.17. The van der Waals surface area contributed by atoms with Gasteiger partial charge in [0.25, 0.3) is 5.91 Å². The van der Waals surface area contributed by atoms with Crippen LogP contribution in [0.2, 0.25) is 0 Å². The van der Waals surface area contributed by atoms with Crippen LogP contribution in [-0.4, -0.2) is 61.0 Å². The fourth-order valence-electron chi connectivity index (χ4n) is 6.01. The van der Waals surface area contributed by atoms with Gasteiger partial charge in [0, 0.05) is 40.7 Å². The molecule has 0 aliphatic heterocycles. The van der Waals surface area contributed by atoms with Crippen molar-refractivity contribution in [3.8, 4) is 22.9 Å². The number of hydrogen-bond acceptors (Lipinski definition) is 6. The normalized spacial score (nSPS) is 14.6. The van der Waals surface area contributed by atoms with Crippen molar-refractivity contribution in [1.82, 2.24) is 19.9 Å². The lowest BCUT2D eigenvalue weighted by Gasteiger charge is -2.25. The predicted molar refractivity (Wildman–Crippen MR) is 162 cm³/mol. The molecule has 0 saturated heterocycles. The van der Waals surface area contributed by atoms with E-state index in [0.29, 0.717) is 27.8 Å². The third-order valence-electron chi connectivity index (χ3n) is 8.14. The summed E-state index contributed by atoms with van der Waals surface area (Å²) in [6.07, 6.45) is 7.34. The van der Waals surface area contributed by atoms with Crippen LogP contribution < -0.4 is 10.1 Å². The molecule has 6 rings (SSSR count). The second-order valence-electron chi connectivity index (χ2n) is 11.0. The van der Waals surface area contributed by atoms with Gasteiger partial charge in [-0.05, 0) is 79.1 Å². The smallest absolute Gasteiger partial charge is 0.326 e. The monoisotopic (exact) mass is 582 g/mol. The second kappa shape index (κ2) is 12.2. The first-order valence-corrected chi connectivity index (χ1v) is 14.6. The number of carbonyl (C=O) groups excluding carboxylic acids is 1. The van der Waals surface area contributed by atoms with Gasteiger partial charge >= 0.3 is 5.97 Å². The van der Waals surface area contributed by atoms with E-state index in [2.05, 4.69) is 14.9 Å². The molecule has 3 aromatic carbocycles. The van der Waals surface area contributed by atoms with E-state index < -0.39 is 17.9 Å². The first kappa shape index (κ1) is 28.3. The first-order valence-electron chi connectivity index (χ1n) is 14.6. The standard InChI is InChI=1S/C33H34N4O6/c38-14-15-43-25-10-6-20(7-11-25)31-35-28-16-21(8-13-30(28)37(31)23-4-2-1-3-5-23)32(40)36-29(33(41)42)17-22-19-34-27-12-9-24(39)18-26(22)27/h6-13,16,18-19,23,29,34,38-39H,1-5,14-15,17H2,(H,36,40)(H,41,42)/t29-/m0/s1. The Morgan fingerprint density at radius 3 is 2.58 bits per heavy atom. The number of imidazole rings is 1. The molecule has 10 nitrogen and oxygen atoms in total. The van der Waals surface area contributed by atoms with Crippen LogP contribution in [0, 0.1) is 0 Å². The number of aromatic nitrogens is 3. The molecule has 43 heavy (non-hydrogen) atoms.